The van der Waals surface area contributed by atoms with Gasteiger partial charge < -0.3 is 11.5 Å². The number of hydrogen-bond donors (Lipinski definition) is 2. The molecule has 1 heterocycles. The molecule has 0 unspecified atom stereocenters. The lowest BCUT2D eigenvalue weighted by Gasteiger charge is -2.22. The van der Waals surface area contributed by atoms with Crippen molar-refractivity contribution in [3.8, 4) is 11.1 Å². The average molecular weight is 292 g/mol. The molecule has 0 saturated carbocycles. The van der Waals surface area contributed by atoms with E-state index in [4.69, 9.17) is 11.5 Å². The summed E-state index contributed by atoms with van der Waals surface area (Å²) < 4.78 is 1.29. The predicted octanol–water partition coefficient (Wildman–Crippen LogP) is 4.60. The monoisotopic (exact) mass is 292 g/mol. The Bertz CT molecular complexity index is 595. The molecule has 2 aromatic rings. The predicted molar refractivity (Wildman–Crippen MR) is 89.1 cm³/mol. The summed E-state index contributed by atoms with van der Waals surface area (Å²) in [7, 11) is 0. The number of nitrogens with two attached hydrogens (primary N) is 2. The van der Waals surface area contributed by atoms with E-state index < -0.39 is 0 Å². The Morgan fingerprint density at radius 1 is 1.16 bits per heavy atom. The maximum absolute atomic E-state index is 6.26. The zero-order valence-corrected chi connectivity index (χ0v) is 13.4. The Hall–Kier alpha value is -1.13. The average Bonchev–Trinajstić information content (AvgIpc) is 2.66. The minimum Gasteiger partial charge on any atom is -0.399 e. The molecule has 0 saturated heterocycles. The summed E-state index contributed by atoms with van der Waals surface area (Å²) in [5.74, 6) is 0. The molecule has 2 rings (SSSR count). The molecule has 0 amide bonds. The number of hydrogen-bond acceptors (Lipinski definition) is 4. The lowest BCUT2D eigenvalue weighted by molar-refractivity contribution is 0.585. The molecule has 0 aliphatic heterocycles. The van der Waals surface area contributed by atoms with Gasteiger partial charge in [-0.3, -0.25) is 0 Å². The molecule has 1 aromatic heterocycles. The molecule has 0 radical (unpaired) electrons. The Morgan fingerprint density at radius 2 is 1.84 bits per heavy atom. The smallest absolute Gasteiger partial charge is 0.0950 e. The van der Waals surface area contributed by atoms with Crippen molar-refractivity contribution in [2.45, 2.75) is 30.4 Å². The standard InChI is InChI=1S/C15H20N2S2/c1-15(2,3)12-11(13(17)19-14(12)18-4)9-6-5-7-10(16)8-9/h5-8H,16-17H2,1-4H3. The highest BCUT2D eigenvalue weighted by Gasteiger charge is 2.27. The molecule has 0 aliphatic carbocycles. The summed E-state index contributed by atoms with van der Waals surface area (Å²) in [6.45, 7) is 6.68. The van der Waals surface area contributed by atoms with Crippen LogP contribution in [0.25, 0.3) is 11.1 Å². The summed E-state index contributed by atoms with van der Waals surface area (Å²) in [6.07, 6.45) is 2.10. The third kappa shape index (κ3) is 2.74. The highest BCUT2D eigenvalue weighted by atomic mass is 32.2. The first-order chi connectivity index (χ1) is 8.84. The van der Waals surface area contributed by atoms with Crippen molar-refractivity contribution in [3.63, 3.8) is 0 Å². The topological polar surface area (TPSA) is 52.0 Å². The van der Waals surface area contributed by atoms with Crippen LogP contribution in [0.15, 0.2) is 28.5 Å². The summed E-state index contributed by atoms with van der Waals surface area (Å²) in [5, 5.41) is 0.875. The first-order valence-corrected chi connectivity index (χ1v) is 8.21. The summed E-state index contributed by atoms with van der Waals surface area (Å²) in [4.78, 5) is 0. The van der Waals surface area contributed by atoms with Crippen LogP contribution in [-0.4, -0.2) is 6.26 Å². The minimum absolute atomic E-state index is 0.0619. The van der Waals surface area contributed by atoms with Gasteiger partial charge in [0, 0.05) is 11.3 Å². The fourth-order valence-electron chi connectivity index (χ4n) is 2.23. The Labute approximate surface area is 123 Å². The molecule has 1 aromatic carbocycles. The Balaban J connectivity index is 2.73. The SMILES string of the molecule is CSc1sc(N)c(-c2cccc(N)c2)c1C(C)(C)C. The fourth-order valence-corrected chi connectivity index (χ4v) is 4.48. The molecule has 19 heavy (non-hydrogen) atoms. The van der Waals surface area contributed by atoms with Crippen molar-refractivity contribution in [1.82, 2.24) is 0 Å². The third-order valence-electron chi connectivity index (χ3n) is 3.01. The van der Waals surface area contributed by atoms with Crippen molar-refractivity contribution < 1.29 is 0 Å². The molecule has 0 fully saturated rings. The number of nitrogen functional groups attached to an aromatic ring is 2. The molecular weight excluding hydrogens is 272 g/mol. The highest BCUT2D eigenvalue weighted by molar-refractivity contribution is 8.00. The normalized spacial score (nSPS) is 11.8. The van der Waals surface area contributed by atoms with E-state index in [1.54, 1.807) is 23.1 Å². The van der Waals surface area contributed by atoms with Crippen molar-refractivity contribution in [2.75, 3.05) is 17.7 Å². The molecule has 0 bridgehead atoms. The maximum atomic E-state index is 6.26. The van der Waals surface area contributed by atoms with Gasteiger partial charge in [0.25, 0.3) is 0 Å². The van der Waals surface area contributed by atoms with Gasteiger partial charge in [-0.15, -0.1) is 23.1 Å². The van der Waals surface area contributed by atoms with Crippen molar-refractivity contribution in [2.24, 2.45) is 0 Å². The summed E-state index contributed by atoms with van der Waals surface area (Å²) in [5.41, 5.74) is 16.6. The van der Waals surface area contributed by atoms with Crippen LogP contribution in [0, 0.1) is 0 Å². The quantitative estimate of drug-likeness (QED) is 0.628. The second-order valence-electron chi connectivity index (χ2n) is 5.58. The van der Waals surface area contributed by atoms with Crippen LogP contribution in [0.3, 0.4) is 0 Å². The van der Waals surface area contributed by atoms with E-state index in [9.17, 15) is 0 Å². The van der Waals surface area contributed by atoms with E-state index >= 15 is 0 Å². The summed E-state index contributed by atoms with van der Waals surface area (Å²) >= 11 is 3.43. The summed E-state index contributed by atoms with van der Waals surface area (Å²) in [6, 6.07) is 7.96. The number of benzene rings is 1. The van der Waals surface area contributed by atoms with Gasteiger partial charge in [0.05, 0.1) is 9.21 Å². The Morgan fingerprint density at radius 3 is 2.37 bits per heavy atom. The van der Waals surface area contributed by atoms with Gasteiger partial charge >= 0.3 is 0 Å². The molecular formula is C15H20N2S2. The Kier molecular flexibility index (Phi) is 3.83. The lowest BCUT2D eigenvalue weighted by Crippen LogP contribution is -2.12. The van der Waals surface area contributed by atoms with Crippen LogP contribution in [0.2, 0.25) is 0 Å². The zero-order chi connectivity index (χ0) is 14.2. The van der Waals surface area contributed by atoms with Crippen molar-refractivity contribution in [1.29, 1.82) is 0 Å². The first-order valence-electron chi connectivity index (χ1n) is 6.17. The number of anilines is 2. The molecule has 0 aliphatic rings. The van der Waals surface area contributed by atoms with E-state index in [0.717, 1.165) is 21.8 Å². The molecule has 0 spiro atoms. The highest BCUT2D eigenvalue weighted by Crippen LogP contribution is 2.48. The van der Waals surface area contributed by atoms with Crippen LogP contribution in [0.5, 0.6) is 0 Å². The largest absolute Gasteiger partial charge is 0.399 e. The van der Waals surface area contributed by atoms with E-state index in [-0.39, 0.29) is 5.41 Å². The van der Waals surface area contributed by atoms with Crippen LogP contribution >= 0.6 is 23.1 Å². The van der Waals surface area contributed by atoms with Crippen molar-refractivity contribution >= 4 is 33.8 Å². The van der Waals surface area contributed by atoms with Crippen LogP contribution < -0.4 is 11.5 Å². The number of thiophene rings is 1. The second-order valence-corrected chi connectivity index (χ2v) is 7.71. The van der Waals surface area contributed by atoms with Crippen molar-refractivity contribution in [3.05, 3.63) is 29.8 Å². The van der Waals surface area contributed by atoms with Crippen LogP contribution in [0.4, 0.5) is 10.7 Å². The van der Waals surface area contributed by atoms with Gasteiger partial charge in [0.1, 0.15) is 0 Å². The van der Waals surface area contributed by atoms with E-state index in [0.29, 0.717) is 0 Å². The molecule has 4 heteroatoms. The second kappa shape index (κ2) is 5.10. The molecule has 0 atom stereocenters. The van der Waals surface area contributed by atoms with Gasteiger partial charge in [-0.05, 0) is 34.9 Å². The van der Waals surface area contributed by atoms with Gasteiger partial charge in [0.2, 0.25) is 0 Å². The zero-order valence-electron chi connectivity index (χ0n) is 11.8. The third-order valence-corrected chi connectivity index (χ3v) is 5.15. The first kappa shape index (κ1) is 14.3. The van der Waals surface area contributed by atoms with Crippen LogP contribution in [0.1, 0.15) is 26.3 Å². The van der Waals surface area contributed by atoms with Gasteiger partial charge in [-0.25, -0.2) is 0 Å². The van der Waals surface area contributed by atoms with E-state index in [1.807, 2.05) is 18.2 Å². The van der Waals surface area contributed by atoms with Crippen LogP contribution in [-0.2, 0) is 5.41 Å². The van der Waals surface area contributed by atoms with Gasteiger partial charge in [-0.2, -0.15) is 0 Å². The van der Waals surface area contributed by atoms with E-state index in [1.165, 1.54) is 9.77 Å². The molecule has 2 nitrogen and oxygen atoms in total. The van der Waals surface area contributed by atoms with Gasteiger partial charge in [-0.1, -0.05) is 32.9 Å². The number of thioether (sulfide) groups is 1. The van der Waals surface area contributed by atoms with E-state index in [2.05, 4.69) is 33.1 Å². The van der Waals surface area contributed by atoms with Gasteiger partial charge in [0.15, 0.2) is 0 Å². The maximum Gasteiger partial charge on any atom is 0.0950 e. The molecule has 4 N–H and O–H groups in total. The molecule has 102 valence electrons. The minimum atomic E-state index is 0.0619. The fraction of sp³-hybridized carbons (Fsp3) is 0.333. The number of rotatable bonds is 2. The lowest BCUT2D eigenvalue weighted by atomic mass is 9.84.